The monoisotopic (exact) mass is 292 g/mol. The first kappa shape index (κ1) is 14.5. The minimum Gasteiger partial charge on any atom is -0.476 e. The molecule has 0 bridgehead atoms. The molecule has 5 nitrogen and oxygen atoms in total. The number of carboxylic acid groups (broad SMARTS) is 1. The molecule has 0 radical (unpaired) electrons. The number of methoxy groups -OCH3 is 1. The Hall–Kier alpha value is -1.92. The minimum atomic E-state index is -0.984. The molecular weight excluding hydrogens is 276 g/mol. The van der Waals surface area contributed by atoms with Gasteiger partial charge in [0.15, 0.2) is 0 Å². The smallest absolute Gasteiger partial charge is 0.365 e. The number of aromatic nitrogens is 1. The summed E-state index contributed by atoms with van der Waals surface area (Å²) < 4.78 is 5.09. The number of nitrogens with zero attached hydrogens (tertiary/aromatic N) is 1. The quantitative estimate of drug-likeness (QED) is 0.821. The third kappa shape index (κ3) is 3.79. The summed E-state index contributed by atoms with van der Waals surface area (Å²) in [6, 6.07) is 7.99. The number of benzene rings is 1. The number of rotatable bonds is 7. The summed E-state index contributed by atoms with van der Waals surface area (Å²) in [5, 5.41) is 14.0. The molecule has 2 rings (SSSR count). The second-order valence-electron chi connectivity index (χ2n) is 4.20. The Morgan fingerprint density at radius 3 is 2.95 bits per heavy atom. The number of para-hydroxylation sites is 1. The molecule has 0 aliphatic carbocycles. The predicted octanol–water partition coefficient (Wildman–Crippen LogP) is 2.64. The van der Waals surface area contributed by atoms with Crippen LogP contribution in [0, 0.1) is 0 Å². The van der Waals surface area contributed by atoms with Gasteiger partial charge in [-0.1, -0.05) is 18.2 Å². The van der Waals surface area contributed by atoms with Crippen LogP contribution in [0.4, 0.5) is 5.69 Å². The van der Waals surface area contributed by atoms with E-state index in [4.69, 9.17) is 9.84 Å². The van der Waals surface area contributed by atoms with Gasteiger partial charge < -0.3 is 15.2 Å². The van der Waals surface area contributed by atoms with Crippen molar-refractivity contribution in [1.82, 2.24) is 4.98 Å². The van der Waals surface area contributed by atoms with Gasteiger partial charge in [-0.05, 0) is 18.1 Å². The number of hydrogen-bond donors (Lipinski definition) is 2. The summed E-state index contributed by atoms with van der Waals surface area (Å²) in [6.45, 7) is 1.17. The number of hydrogen-bond acceptors (Lipinski definition) is 5. The van der Waals surface area contributed by atoms with Crippen molar-refractivity contribution in [1.29, 1.82) is 0 Å². The molecule has 2 aromatic rings. The fourth-order valence-electron chi connectivity index (χ4n) is 1.79. The van der Waals surface area contributed by atoms with E-state index in [9.17, 15) is 4.79 Å². The van der Waals surface area contributed by atoms with Gasteiger partial charge >= 0.3 is 5.97 Å². The van der Waals surface area contributed by atoms with Gasteiger partial charge in [0.2, 0.25) is 5.01 Å². The summed E-state index contributed by atoms with van der Waals surface area (Å²) >= 11 is 1.14. The molecule has 1 aromatic carbocycles. The molecule has 0 spiro atoms. The first-order valence-corrected chi connectivity index (χ1v) is 7.07. The van der Waals surface area contributed by atoms with Gasteiger partial charge in [0.05, 0.1) is 18.8 Å². The third-order valence-electron chi connectivity index (χ3n) is 2.79. The maximum absolute atomic E-state index is 10.8. The van der Waals surface area contributed by atoms with Crippen molar-refractivity contribution in [2.45, 2.75) is 13.0 Å². The largest absolute Gasteiger partial charge is 0.476 e. The van der Waals surface area contributed by atoms with Crippen LogP contribution in [-0.2, 0) is 17.7 Å². The fraction of sp³-hybridized carbons (Fsp3) is 0.286. The van der Waals surface area contributed by atoms with E-state index in [2.05, 4.69) is 10.3 Å². The summed E-state index contributed by atoms with van der Waals surface area (Å²) in [7, 11) is 1.68. The Kier molecular flexibility index (Phi) is 5.09. The molecule has 0 fully saturated rings. The Bertz CT molecular complexity index is 583. The lowest BCUT2D eigenvalue weighted by Crippen LogP contribution is -2.05. The van der Waals surface area contributed by atoms with Crippen molar-refractivity contribution in [2.24, 2.45) is 0 Å². The van der Waals surface area contributed by atoms with Crippen LogP contribution in [0.25, 0.3) is 0 Å². The number of aromatic carboxylic acids is 1. The van der Waals surface area contributed by atoms with Gasteiger partial charge in [-0.2, -0.15) is 0 Å². The molecule has 1 aromatic heterocycles. The van der Waals surface area contributed by atoms with E-state index in [0.717, 1.165) is 29.1 Å². The van der Waals surface area contributed by atoms with Crippen molar-refractivity contribution < 1.29 is 14.6 Å². The maximum Gasteiger partial charge on any atom is 0.365 e. The summed E-state index contributed by atoms with van der Waals surface area (Å²) in [6.07, 6.45) is 0.830. The van der Waals surface area contributed by atoms with Gasteiger partial charge in [0.25, 0.3) is 0 Å². The topological polar surface area (TPSA) is 71.5 Å². The van der Waals surface area contributed by atoms with Crippen LogP contribution in [0.15, 0.2) is 29.6 Å². The number of carbonyl (C=O) groups is 1. The fourth-order valence-corrected chi connectivity index (χ4v) is 2.45. The minimum absolute atomic E-state index is 0.120. The maximum atomic E-state index is 10.8. The van der Waals surface area contributed by atoms with Crippen LogP contribution in [0.3, 0.4) is 0 Å². The Labute approximate surface area is 121 Å². The standard InChI is InChI=1S/C14H16N2O3S/c1-19-7-6-10-4-2-3-5-12(10)15-8-11-9-20-13(16-11)14(17)18/h2-5,9,15H,6-8H2,1H3,(H,17,18). The van der Waals surface area contributed by atoms with Crippen LogP contribution in [0.2, 0.25) is 0 Å². The van der Waals surface area contributed by atoms with E-state index in [1.165, 1.54) is 5.56 Å². The van der Waals surface area contributed by atoms with Crippen LogP contribution >= 0.6 is 11.3 Å². The number of ether oxygens (including phenoxy) is 1. The van der Waals surface area contributed by atoms with Crippen molar-refractivity contribution in [2.75, 3.05) is 19.0 Å². The first-order valence-electron chi connectivity index (χ1n) is 6.19. The van der Waals surface area contributed by atoms with Gasteiger partial charge in [0.1, 0.15) is 0 Å². The summed E-state index contributed by atoms with van der Waals surface area (Å²) in [5.41, 5.74) is 2.92. The van der Waals surface area contributed by atoms with E-state index in [1.807, 2.05) is 24.3 Å². The van der Waals surface area contributed by atoms with E-state index in [0.29, 0.717) is 13.2 Å². The molecule has 1 heterocycles. The average Bonchev–Trinajstić information content (AvgIpc) is 2.93. The van der Waals surface area contributed by atoms with Crippen molar-refractivity contribution in [3.63, 3.8) is 0 Å². The van der Waals surface area contributed by atoms with Crippen LogP contribution in [0.1, 0.15) is 21.1 Å². The highest BCUT2D eigenvalue weighted by atomic mass is 32.1. The molecule has 106 valence electrons. The Balaban J connectivity index is 2.00. The van der Waals surface area contributed by atoms with E-state index in [1.54, 1.807) is 12.5 Å². The Morgan fingerprint density at radius 1 is 1.45 bits per heavy atom. The van der Waals surface area contributed by atoms with Crippen molar-refractivity contribution >= 4 is 23.0 Å². The van der Waals surface area contributed by atoms with Gasteiger partial charge in [0, 0.05) is 18.2 Å². The third-order valence-corrected chi connectivity index (χ3v) is 3.67. The SMILES string of the molecule is COCCc1ccccc1NCc1csc(C(=O)O)n1. The average molecular weight is 292 g/mol. The van der Waals surface area contributed by atoms with E-state index in [-0.39, 0.29) is 5.01 Å². The van der Waals surface area contributed by atoms with Crippen LogP contribution in [-0.4, -0.2) is 29.8 Å². The zero-order valence-corrected chi connectivity index (χ0v) is 11.9. The van der Waals surface area contributed by atoms with Crippen molar-refractivity contribution in [3.05, 3.63) is 45.9 Å². The number of thiazole rings is 1. The molecule has 0 amide bonds. The molecule has 6 heteroatoms. The Morgan fingerprint density at radius 2 is 2.25 bits per heavy atom. The number of nitrogens with one attached hydrogen (secondary N) is 1. The lowest BCUT2D eigenvalue weighted by molar-refractivity contribution is 0.0696. The van der Waals surface area contributed by atoms with E-state index < -0.39 is 5.97 Å². The summed E-state index contributed by atoms with van der Waals surface area (Å²) in [5.74, 6) is -0.984. The molecular formula is C14H16N2O3S. The summed E-state index contributed by atoms with van der Waals surface area (Å²) in [4.78, 5) is 14.8. The van der Waals surface area contributed by atoms with Gasteiger partial charge in [-0.3, -0.25) is 0 Å². The molecule has 0 atom stereocenters. The lowest BCUT2D eigenvalue weighted by atomic mass is 10.1. The zero-order valence-electron chi connectivity index (χ0n) is 11.1. The molecule has 0 saturated heterocycles. The molecule has 0 aliphatic rings. The van der Waals surface area contributed by atoms with E-state index >= 15 is 0 Å². The zero-order chi connectivity index (χ0) is 14.4. The predicted molar refractivity (Wildman–Crippen MR) is 78.4 cm³/mol. The lowest BCUT2D eigenvalue weighted by Gasteiger charge is -2.10. The number of anilines is 1. The van der Waals surface area contributed by atoms with Crippen LogP contribution < -0.4 is 5.32 Å². The van der Waals surface area contributed by atoms with Crippen LogP contribution in [0.5, 0.6) is 0 Å². The second-order valence-corrected chi connectivity index (χ2v) is 5.06. The van der Waals surface area contributed by atoms with Gasteiger partial charge in [-0.25, -0.2) is 9.78 Å². The molecule has 20 heavy (non-hydrogen) atoms. The molecule has 0 aliphatic heterocycles. The normalized spacial score (nSPS) is 10.4. The highest BCUT2D eigenvalue weighted by Gasteiger charge is 2.09. The van der Waals surface area contributed by atoms with Crippen molar-refractivity contribution in [3.8, 4) is 0 Å². The molecule has 2 N–H and O–H groups in total. The molecule has 0 unspecified atom stereocenters. The second kappa shape index (κ2) is 7.02. The highest BCUT2D eigenvalue weighted by Crippen LogP contribution is 2.17. The molecule has 0 saturated carbocycles. The highest BCUT2D eigenvalue weighted by molar-refractivity contribution is 7.11. The number of carboxylic acids is 1. The van der Waals surface area contributed by atoms with Gasteiger partial charge in [-0.15, -0.1) is 11.3 Å². The first-order chi connectivity index (χ1) is 9.70.